The quantitative estimate of drug-likeness (QED) is 0.448. The summed E-state index contributed by atoms with van der Waals surface area (Å²) in [7, 11) is 1.73. The highest BCUT2D eigenvalue weighted by molar-refractivity contribution is 6.04. The number of Topliss-reactive ketones (excluding diaryl/α,β-unsaturated/α-hetero) is 1. The maximum Gasteiger partial charge on any atom is 0.416 e. The highest BCUT2D eigenvalue weighted by atomic mass is 19.4. The van der Waals surface area contributed by atoms with E-state index in [1.54, 1.807) is 28.8 Å². The van der Waals surface area contributed by atoms with Crippen LogP contribution in [0.5, 0.6) is 0 Å². The van der Waals surface area contributed by atoms with Gasteiger partial charge in [0.2, 0.25) is 0 Å². The second kappa shape index (κ2) is 9.65. The average Bonchev–Trinajstić information content (AvgIpc) is 3.50. The molecule has 1 aliphatic heterocycles. The number of ketones is 1. The molecule has 1 saturated heterocycles. The van der Waals surface area contributed by atoms with Crippen molar-refractivity contribution in [1.82, 2.24) is 19.7 Å². The monoisotopic (exact) mass is 526 g/mol. The smallest absolute Gasteiger partial charge is 0.376 e. The largest absolute Gasteiger partial charge is 0.416 e. The molecular formula is C28H29F3N4O3. The van der Waals surface area contributed by atoms with E-state index in [1.165, 1.54) is 18.3 Å². The fourth-order valence-corrected chi connectivity index (χ4v) is 5.19. The van der Waals surface area contributed by atoms with Crippen molar-refractivity contribution < 1.29 is 27.5 Å². The van der Waals surface area contributed by atoms with Gasteiger partial charge in [-0.05, 0) is 48.9 Å². The number of hydrogen-bond acceptors (Lipinski definition) is 5. The minimum atomic E-state index is -4.46. The van der Waals surface area contributed by atoms with Crippen molar-refractivity contribution in [2.24, 2.45) is 5.41 Å². The van der Waals surface area contributed by atoms with Crippen LogP contribution < -0.4 is 0 Å². The molecule has 200 valence electrons. The van der Waals surface area contributed by atoms with Gasteiger partial charge < -0.3 is 9.64 Å². The van der Waals surface area contributed by atoms with Crippen LogP contribution in [0.3, 0.4) is 0 Å². The summed E-state index contributed by atoms with van der Waals surface area (Å²) < 4.78 is 46.5. The molecule has 0 N–H and O–H groups in total. The number of likely N-dealkylation sites (N-methyl/N-ethyl adjacent to an activating group) is 1. The van der Waals surface area contributed by atoms with Crippen molar-refractivity contribution in [2.45, 2.75) is 51.8 Å². The lowest BCUT2D eigenvalue weighted by molar-refractivity contribution is -0.137. The third-order valence-corrected chi connectivity index (χ3v) is 7.09. The summed E-state index contributed by atoms with van der Waals surface area (Å²) in [5.41, 5.74) is 1.13. The number of amides is 1. The molecular weight excluding hydrogens is 497 g/mol. The predicted octanol–water partition coefficient (Wildman–Crippen LogP) is 5.36. The third-order valence-electron chi connectivity index (χ3n) is 7.09. The highest BCUT2D eigenvalue weighted by Gasteiger charge is 2.38. The Morgan fingerprint density at radius 1 is 1.16 bits per heavy atom. The van der Waals surface area contributed by atoms with Gasteiger partial charge in [-0.3, -0.25) is 9.59 Å². The Kier molecular flexibility index (Phi) is 6.63. The average molecular weight is 527 g/mol. The first-order valence-corrected chi connectivity index (χ1v) is 12.6. The van der Waals surface area contributed by atoms with Crippen LogP contribution in [0.2, 0.25) is 0 Å². The van der Waals surface area contributed by atoms with E-state index in [1.807, 2.05) is 13.8 Å². The molecule has 10 heteroatoms. The van der Waals surface area contributed by atoms with Crippen molar-refractivity contribution in [3.8, 4) is 17.1 Å². The number of carbonyl (C=O) groups is 2. The number of carbonyl (C=O) groups excluding carboxylic acids is 2. The number of alkyl halides is 3. The van der Waals surface area contributed by atoms with Crippen LogP contribution in [0.25, 0.3) is 17.1 Å². The van der Waals surface area contributed by atoms with E-state index in [0.717, 1.165) is 25.0 Å². The molecule has 1 aliphatic carbocycles. The Labute approximate surface area is 218 Å². The van der Waals surface area contributed by atoms with Gasteiger partial charge in [-0.15, -0.1) is 0 Å². The molecule has 1 aromatic carbocycles. The fraction of sp³-hybridized carbons (Fsp3) is 0.429. The molecule has 1 atom stereocenters. The maximum atomic E-state index is 13.2. The van der Waals surface area contributed by atoms with E-state index < -0.39 is 11.7 Å². The molecule has 38 heavy (non-hydrogen) atoms. The topological polar surface area (TPSA) is 77.3 Å². The Morgan fingerprint density at radius 2 is 1.89 bits per heavy atom. The summed E-state index contributed by atoms with van der Waals surface area (Å²) in [5, 5.41) is 4.66. The third kappa shape index (κ3) is 5.09. The Bertz CT molecular complexity index is 1360. The van der Waals surface area contributed by atoms with Crippen LogP contribution in [0.4, 0.5) is 13.2 Å². The number of nitrogens with zero attached hydrogens (tertiary/aromatic N) is 4. The molecule has 0 bridgehead atoms. The summed E-state index contributed by atoms with van der Waals surface area (Å²) in [6.07, 6.45) is -0.188. The standard InChI is InChI=1S/C28H29F3N4O3/c1-27(2)13-21-24(22(36)14-27)25(17-6-9-19(10-7-17)28(29,30)31)33-35(21)23-11-8-18(15-32-23)26(37)34(3)16-20-5-4-12-38-20/h6-11,15,20H,4-5,12-14,16H2,1-3H3. The normalized spacial score (nSPS) is 18.9. The number of aromatic nitrogens is 3. The Morgan fingerprint density at radius 3 is 2.50 bits per heavy atom. The zero-order chi connectivity index (χ0) is 27.2. The summed E-state index contributed by atoms with van der Waals surface area (Å²) in [5.74, 6) is 0.131. The van der Waals surface area contributed by atoms with E-state index in [0.29, 0.717) is 59.9 Å². The van der Waals surface area contributed by atoms with Gasteiger partial charge in [0.25, 0.3) is 5.91 Å². The van der Waals surface area contributed by atoms with Gasteiger partial charge in [0, 0.05) is 38.4 Å². The van der Waals surface area contributed by atoms with E-state index in [-0.39, 0.29) is 23.2 Å². The lowest BCUT2D eigenvalue weighted by Crippen LogP contribution is -2.34. The van der Waals surface area contributed by atoms with Crippen molar-refractivity contribution in [1.29, 1.82) is 0 Å². The second-order valence-electron chi connectivity index (χ2n) is 10.8. The minimum absolute atomic E-state index is 0.0382. The molecule has 0 radical (unpaired) electrons. The summed E-state index contributed by atoms with van der Waals surface area (Å²) in [6, 6.07) is 7.98. The molecule has 1 fully saturated rings. The van der Waals surface area contributed by atoms with Crippen LogP contribution in [-0.2, 0) is 17.3 Å². The van der Waals surface area contributed by atoms with Gasteiger partial charge >= 0.3 is 6.18 Å². The molecule has 3 heterocycles. The Balaban J connectivity index is 1.49. The number of fused-ring (bicyclic) bond motifs is 1. The molecule has 1 amide bonds. The van der Waals surface area contributed by atoms with E-state index in [2.05, 4.69) is 10.1 Å². The van der Waals surface area contributed by atoms with Crippen molar-refractivity contribution in [2.75, 3.05) is 20.2 Å². The van der Waals surface area contributed by atoms with Crippen molar-refractivity contribution in [3.63, 3.8) is 0 Å². The number of halogens is 3. The van der Waals surface area contributed by atoms with Gasteiger partial charge in [0.1, 0.15) is 5.69 Å². The number of hydrogen-bond donors (Lipinski definition) is 0. The molecule has 2 aliphatic rings. The van der Waals surface area contributed by atoms with Gasteiger partial charge in [0.15, 0.2) is 11.6 Å². The second-order valence-corrected chi connectivity index (χ2v) is 10.8. The van der Waals surface area contributed by atoms with E-state index >= 15 is 0 Å². The summed E-state index contributed by atoms with van der Waals surface area (Å²) >= 11 is 0. The minimum Gasteiger partial charge on any atom is -0.376 e. The number of ether oxygens (including phenoxy) is 1. The molecule has 1 unspecified atom stereocenters. The summed E-state index contributed by atoms with van der Waals surface area (Å²) in [4.78, 5) is 32.2. The molecule has 7 nitrogen and oxygen atoms in total. The highest BCUT2D eigenvalue weighted by Crippen LogP contribution is 2.40. The molecule has 0 spiro atoms. The predicted molar refractivity (Wildman–Crippen MR) is 134 cm³/mol. The SMILES string of the molecule is CN(CC1CCCO1)C(=O)c1ccc(-n2nc(-c3ccc(C(F)(F)F)cc3)c3c2CC(C)(C)CC3=O)nc1. The van der Waals surface area contributed by atoms with Gasteiger partial charge in [-0.1, -0.05) is 26.0 Å². The molecule has 5 rings (SSSR count). The first kappa shape index (κ1) is 26.1. The Hall–Kier alpha value is -3.53. The van der Waals surface area contributed by atoms with Gasteiger partial charge in [-0.2, -0.15) is 18.3 Å². The zero-order valence-corrected chi connectivity index (χ0v) is 21.5. The van der Waals surface area contributed by atoms with Crippen LogP contribution in [0, 0.1) is 5.41 Å². The number of rotatable bonds is 5. The van der Waals surface area contributed by atoms with Crippen molar-refractivity contribution >= 4 is 11.7 Å². The molecule has 3 aromatic rings. The number of pyridine rings is 1. The number of benzene rings is 1. The summed E-state index contributed by atoms with van der Waals surface area (Å²) in [6.45, 7) is 5.19. The first-order chi connectivity index (χ1) is 17.9. The molecule has 2 aromatic heterocycles. The maximum absolute atomic E-state index is 13.2. The van der Waals surface area contributed by atoms with E-state index in [9.17, 15) is 22.8 Å². The molecule has 0 saturated carbocycles. The van der Waals surface area contributed by atoms with Crippen LogP contribution in [-0.4, -0.2) is 57.7 Å². The van der Waals surface area contributed by atoms with Crippen LogP contribution >= 0.6 is 0 Å². The van der Waals surface area contributed by atoms with Gasteiger partial charge in [-0.25, -0.2) is 9.67 Å². The van der Waals surface area contributed by atoms with Crippen molar-refractivity contribution in [3.05, 3.63) is 65.0 Å². The van der Waals surface area contributed by atoms with Crippen LogP contribution in [0.15, 0.2) is 42.6 Å². The zero-order valence-electron chi connectivity index (χ0n) is 21.5. The fourth-order valence-electron chi connectivity index (χ4n) is 5.19. The van der Waals surface area contributed by atoms with Gasteiger partial charge in [0.05, 0.1) is 28.5 Å². The lowest BCUT2D eigenvalue weighted by atomic mass is 9.75. The van der Waals surface area contributed by atoms with Crippen LogP contribution in [0.1, 0.15) is 65.1 Å². The first-order valence-electron chi connectivity index (χ1n) is 12.6. The van der Waals surface area contributed by atoms with E-state index in [4.69, 9.17) is 4.74 Å². The lowest BCUT2D eigenvalue weighted by Gasteiger charge is -2.29.